The van der Waals surface area contributed by atoms with Gasteiger partial charge in [-0.25, -0.2) is 0 Å². The summed E-state index contributed by atoms with van der Waals surface area (Å²) in [6.07, 6.45) is 3.46. The largest absolute Gasteiger partial charge is 0.355 e. The molecule has 0 aliphatic heterocycles. The molecule has 0 fully saturated rings. The van der Waals surface area contributed by atoms with E-state index < -0.39 is 0 Å². The third kappa shape index (κ3) is 26.3. The van der Waals surface area contributed by atoms with Crippen molar-refractivity contribution in [1.29, 1.82) is 0 Å². The van der Waals surface area contributed by atoms with Gasteiger partial charge in [-0.1, -0.05) is 41.5 Å². The molecule has 0 aromatic rings. The van der Waals surface area contributed by atoms with Gasteiger partial charge in [0.2, 0.25) is 11.8 Å². The van der Waals surface area contributed by atoms with Crippen molar-refractivity contribution in [3.63, 3.8) is 0 Å². The molecule has 0 bridgehead atoms. The number of hydrogen-bond acceptors (Lipinski definition) is 7. The Bertz CT molecular complexity index is 499. The Morgan fingerprint density at radius 1 is 0.848 bits per heavy atom. The zero-order valence-corrected chi connectivity index (χ0v) is 22.3. The molecule has 0 aromatic carbocycles. The fourth-order valence-corrected chi connectivity index (χ4v) is 2.42. The fraction of sp³-hybridized carbons (Fsp3) is 0.833. The first-order valence-corrected chi connectivity index (χ1v) is 12.2. The lowest BCUT2D eigenvalue weighted by molar-refractivity contribution is -0.124. The van der Waals surface area contributed by atoms with Gasteiger partial charge in [0.15, 0.2) is 0 Å². The Balaban J connectivity index is -0.000000627. The number of hydrogen-bond donors (Lipinski definition) is 5. The molecule has 0 radical (unpaired) electrons. The van der Waals surface area contributed by atoms with Crippen LogP contribution < -0.4 is 26.6 Å². The number of ketones is 1. The third-order valence-corrected chi connectivity index (χ3v) is 4.39. The van der Waals surface area contributed by atoms with Gasteiger partial charge in [0.05, 0.1) is 6.04 Å². The molecule has 33 heavy (non-hydrogen) atoms. The van der Waals surface area contributed by atoms with Gasteiger partial charge >= 0.3 is 0 Å². The lowest BCUT2D eigenvalue weighted by atomic mass is 10.0. The molecule has 1 atom stereocenters. The summed E-state index contributed by atoms with van der Waals surface area (Å²) in [6.45, 7) is 14.6. The van der Waals surface area contributed by atoms with Crippen LogP contribution in [0.2, 0.25) is 0 Å². The van der Waals surface area contributed by atoms with Gasteiger partial charge in [-0.15, -0.1) is 0 Å². The number of likely N-dealkylation sites (N-methyl/N-ethyl adjacent to an activating group) is 2. The summed E-state index contributed by atoms with van der Waals surface area (Å²) in [5, 5.41) is 14.8. The third-order valence-electron chi connectivity index (χ3n) is 4.39. The molecule has 9 nitrogen and oxygen atoms in total. The predicted octanol–water partition coefficient (Wildman–Crippen LogP) is 1.41. The average molecular weight is 474 g/mol. The molecule has 0 saturated heterocycles. The highest BCUT2D eigenvalue weighted by Crippen LogP contribution is 2.02. The van der Waals surface area contributed by atoms with Crippen molar-refractivity contribution in [2.24, 2.45) is 5.92 Å². The molecule has 196 valence electrons. The van der Waals surface area contributed by atoms with Gasteiger partial charge in [0, 0.05) is 57.4 Å². The van der Waals surface area contributed by atoms with E-state index in [1.54, 1.807) is 7.05 Å². The van der Waals surface area contributed by atoms with E-state index in [0.29, 0.717) is 51.2 Å². The monoisotopic (exact) mass is 473 g/mol. The fourth-order valence-electron chi connectivity index (χ4n) is 2.42. The standard InChI is InChI=1S/C14H31N5O2.C8H14O2.C2H6/c1-11(2)17-9-10-18-13(20)6-5-12(16-4)14(21)19-8-7-15-3;1-7(2)8(10)5-3-4-6-9;1-2/h11-12,15-17H,5-10H2,1-4H3,(H,18,20)(H,19,21);6-7H,3-5H2,1-2H3;1-2H3. The first kappa shape index (κ1) is 35.7. The summed E-state index contributed by atoms with van der Waals surface area (Å²) in [4.78, 5) is 44.3. The lowest BCUT2D eigenvalue weighted by Gasteiger charge is -2.16. The van der Waals surface area contributed by atoms with Crippen molar-refractivity contribution in [3.05, 3.63) is 0 Å². The van der Waals surface area contributed by atoms with Crippen LogP contribution in [0.5, 0.6) is 0 Å². The van der Waals surface area contributed by atoms with Crippen LogP contribution >= 0.6 is 0 Å². The van der Waals surface area contributed by atoms with Gasteiger partial charge in [-0.2, -0.15) is 0 Å². The van der Waals surface area contributed by atoms with Crippen molar-refractivity contribution in [2.45, 2.75) is 85.7 Å². The normalized spacial score (nSPS) is 11.0. The van der Waals surface area contributed by atoms with E-state index in [0.717, 1.165) is 19.4 Å². The zero-order valence-electron chi connectivity index (χ0n) is 22.3. The minimum atomic E-state index is -0.332. The Hall–Kier alpha value is -1.84. The molecule has 0 aliphatic carbocycles. The molecule has 0 spiro atoms. The summed E-state index contributed by atoms with van der Waals surface area (Å²) in [5.74, 6) is 0.277. The SMILES string of the molecule is CC.CC(C)C(=O)CCCC=O.CNCCNC(=O)C(CCC(=O)NCCNC(C)C)NC. The first-order chi connectivity index (χ1) is 15.7. The molecule has 5 N–H and O–H groups in total. The van der Waals surface area contributed by atoms with Crippen LogP contribution in [0.1, 0.15) is 73.6 Å². The molecular weight excluding hydrogens is 422 g/mol. The molecular formula is C24H51N5O4. The summed E-state index contributed by atoms with van der Waals surface area (Å²) < 4.78 is 0. The molecule has 1 unspecified atom stereocenters. The summed E-state index contributed by atoms with van der Waals surface area (Å²) in [6, 6.07) is 0.0817. The van der Waals surface area contributed by atoms with Crippen LogP contribution in [0, 0.1) is 5.92 Å². The van der Waals surface area contributed by atoms with Crippen LogP contribution in [0.25, 0.3) is 0 Å². The highest BCUT2D eigenvalue weighted by molar-refractivity contribution is 5.83. The maximum Gasteiger partial charge on any atom is 0.237 e. The maximum absolute atomic E-state index is 11.9. The van der Waals surface area contributed by atoms with Crippen molar-refractivity contribution >= 4 is 23.9 Å². The van der Waals surface area contributed by atoms with Crippen LogP contribution in [0.15, 0.2) is 0 Å². The Morgan fingerprint density at radius 3 is 1.94 bits per heavy atom. The number of amides is 2. The first-order valence-electron chi connectivity index (χ1n) is 12.2. The number of Topliss-reactive ketones (excluding diaryl/α,β-unsaturated/α-hetero) is 1. The maximum atomic E-state index is 11.9. The van der Waals surface area contributed by atoms with E-state index in [4.69, 9.17) is 0 Å². The number of unbranched alkanes of at least 4 members (excludes halogenated alkanes) is 1. The van der Waals surface area contributed by atoms with E-state index in [1.165, 1.54) is 0 Å². The van der Waals surface area contributed by atoms with Crippen molar-refractivity contribution < 1.29 is 19.2 Å². The molecule has 0 heterocycles. The van der Waals surface area contributed by atoms with E-state index >= 15 is 0 Å². The average Bonchev–Trinajstić information content (AvgIpc) is 2.79. The van der Waals surface area contributed by atoms with Gasteiger partial charge in [0.25, 0.3) is 0 Å². The smallest absolute Gasteiger partial charge is 0.237 e. The summed E-state index contributed by atoms with van der Waals surface area (Å²) >= 11 is 0. The minimum absolute atomic E-state index is 0.0242. The lowest BCUT2D eigenvalue weighted by Crippen LogP contribution is -2.45. The number of carbonyl (C=O) groups excluding carboxylic acids is 4. The van der Waals surface area contributed by atoms with Crippen LogP contribution in [-0.4, -0.2) is 76.2 Å². The molecule has 9 heteroatoms. The minimum Gasteiger partial charge on any atom is -0.355 e. The highest BCUT2D eigenvalue weighted by Gasteiger charge is 2.17. The number of rotatable bonds is 17. The molecule has 0 rings (SSSR count). The van der Waals surface area contributed by atoms with E-state index in [9.17, 15) is 19.2 Å². The molecule has 0 aromatic heterocycles. The second kappa shape index (κ2) is 26.4. The van der Waals surface area contributed by atoms with Gasteiger partial charge < -0.3 is 31.4 Å². The van der Waals surface area contributed by atoms with Crippen molar-refractivity contribution in [1.82, 2.24) is 26.6 Å². The Morgan fingerprint density at radius 2 is 1.45 bits per heavy atom. The topological polar surface area (TPSA) is 128 Å². The quantitative estimate of drug-likeness (QED) is 0.160. The van der Waals surface area contributed by atoms with Gasteiger partial charge in [0.1, 0.15) is 12.1 Å². The Kier molecular flexibility index (Phi) is 28.6. The van der Waals surface area contributed by atoms with Gasteiger partial charge in [-0.3, -0.25) is 14.4 Å². The Labute approximate surface area is 202 Å². The second-order valence-electron chi connectivity index (χ2n) is 7.91. The number of aldehydes is 1. The van der Waals surface area contributed by atoms with E-state index in [-0.39, 0.29) is 29.6 Å². The summed E-state index contributed by atoms with van der Waals surface area (Å²) in [7, 11) is 3.56. The summed E-state index contributed by atoms with van der Waals surface area (Å²) in [5.41, 5.74) is 0. The van der Waals surface area contributed by atoms with E-state index in [1.807, 2.05) is 34.7 Å². The molecule has 0 aliphatic rings. The van der Waals surface area contributed by atoms with Crippen LogP contribution in [0.4, 0.5) is 0 Å². The molecule has 0 saturated carbocycles. The van der Waals surface area contributed by atoms with Crippen molar-refractivity contribution in [2.75, 3.05) is 40.3 Å². The second-order valence-corrected chi connectivity index (χ2v) is 7.91. The van der Waals surface area contributed by atoms with Crippen LogP contribution in [-0.2, 0) is 19.2 Å². The predicted molar refractivity (Wildman–Crippen MR) is 136 cm³/mol. The number of carbonyl (C=O) groups is 4. The van der Waals surface area contributed by atoms with Crippen molar-refractivity contribution in [3.8, 4) is 0 Å². The number of nitrogens with one attached hydrogen (secondary N) is 5. The van der Waals surface area contributed by atoms with Gasteiger partial charge in [-0.05, 0) is 26.9 Å². The molecule has 2 amide bonds. The van der Waals surface area contributed by atoms with E-state index in [2.05, 4.69) is 40.4 Å². The highest BCUT2D eigenvalue weighted by atomic mass is 16.2. The van der Waals surface area contributed by atoms with Crippen LogP contribution in [0.3, 0.4) is 0 Å². The zero-order chi connectivity index (χ0) is 26.1.